The minimum absolute atomic E-state index is 0.0285. The predicted octanol–water partition coefficient (Wildman–Crippen LogP) is 10.2. The molecule has 300 valence electrons. The van der Waals surface area contributed by atoms with Crippen molar-refractivity contribution >= 4 is 68.4 Å². The van der Waals surface area contributed by atoms with Gasteiger partial charge in [-0.05, 0) is 107 Å². The number of ether oxygens (including phenoxy) is 4. The van der Waals surface area contributed by atoms with Gasteiger partial charge in [-0.1, -0.05) is 62.2 Å². The first kappa shape index (κ1) is 44.2. The van der Waals surface area contributed by atoms with E-state index in [1.54, 1.807) is 4.90 Å². The topological polar surface area (TPSA) is 120 Å². The first-order valence-electron chi connectivity index (χ1n) is 19.0. The molecule has 0 bridgehead atoms. The van der Waals surface area contributed by atoms with Crippen molar-refractivity contribution in [3.63, 3.8) is 0 Å². The van der Waals surface area contributed by atoms with Crippen LogP contribution in [0.4, 0.5) is 15.3 Å². The summed E-state index contributed by atoms with van der Waals surface area (Å²) in [6.45, 7) is 13.2. The van der Waals surface area contributed by atoms with Gasteiger partial charge in [0.1, 0.15) is 23.0 Å². The monoisotopic (exact) mass is 858 g/mol. The molecule has 0 unspecified atom stereocenters. The first-order chi connectivity index (χ1) is 26.0. The van der Waals surface area contributed by atoms with E-state index in [-0.39, 0.29) is 35.0 Å². The number of nitrogens with zero attached hydrogens (tertiary/aromatic N) is 1. The van der Waals surface area contributed by atoms with Gasteiger partial charge in [-0.25, -0.2) is 19.2 Å². The number of carbonyl (C=O) groups is 4. The Bertz CT molecular complexity index is 1790. The van der Waals surface area contributed by atoms with Crippen molar-refractivity contribution in [1.82, 2.24) is 5.32 Å². The maximum Gasteiger partial charge on any atom is 0.414 e. The number of thiophene rings is 2. The molecule has 2 aliphatic carbocycles. The summed E-state index contributed by atoms with van der Waals surface area (Å²) in [7, 11) is 2.72. The van der Waals surface area contributed by atoms with Crippen LogP contribution < -0.4 is 10.2 Å². The molecular weight excluding hydrogens is 805 g/mol. The van der Waals surface area contributed by atoms with Crippen LogP contribution in [-0.4, -0.2) is 63.6 Å². The molecule has 4 heterocycles. The normalized spacial score (nSPS) is 20.1. The number of nitrogens with one attached hydrogen (secondary N) is 1. The van der Waals surface area contributed by atoms with Crippen molar-refractivity contribution in [3.05, 3.63) is 36.1 Å². The van der Waals surface area contributed by atoms with Gasteiger partial charge in [0.05, 0.1) is 41.7 Å². The fourth-order valence-electron chi connectivity index (χ4n) is 6.79. The summed E-state index contributed by atoms with van der Waals surface area (Å²) in [4.78, 5) is 51.3. The summed E-state index contributed by atoms with van der Waals surface area (Å²) >= 11 is 5.93. The average molecular weight is 860 g/mol. The molecule has 6 rings (SSSR count). The van der Waals surface area contributed by atoms with Crippen LogP contribution in [0.5, 0.6) is 0 Å². The highest BCUT2D eigenvalue weighted by Gasteiger charge is 2.42. The number of cyclic esters (lactones) is 2. The third kappa shape index (κ3) is 13.3. The number of anilines is 1. The van der Waals surface area contributed by atoms with E-state index in [1.165, 1.54) is 88.3 Å². The van der Waals surface area contributed by atoms with Crippen molar-refractivity contribution < 1.29 is 38.1 Å². The Labute approximate surface area is 342 Å². The molecule has 2 saturated heterocycles. The van der Waals surface area contributed by atoms with Crippen molar-refractivity contribution in [2.75, 3.05) is 32.3 Å². The van der Waals surface area contributed by atoms with Crippen LogP contribution in [0.15, 0.2) is 16.6 Å². The number of halogens is 1. The number of rotatable bonds is 5. The second kappa shape index (κ2) is 20.1. The average Bonchev–Trinajstić information content (AvgIpc) is 3.96. The number of carbonyl (C=O) groups excluding carboxylic acids is 4. The number of methoxy groups -OCH3 is 2. The van der Waals surface area contributed by atoms with E-state index in [0.29, 0.717) is 46.5 Å². The number of hydrogen-bond acceptors (Lipinski definition) is 10. The maximum absolute atomic E-state index is 12.5. The third-order valence-electron chi connectivity index (χ3n) is 9.54. The molecule has 0 aromatic carbocycles. The van der Waals surface area contributed by atoms with Crippen molar-refractivity contribution in [2.24, 2.45) is 22.7 Å². The lowest BCUT2D eigenvalue weighted by Crippen LogP contribution is -2.40. The highest BCUT2D eigenvalue weighted by Crippen LogP contribution is 2.39. The number of hydrogen-bond donors (Lipinski definition) is 1. The van der Waals surface area contributed by atoms with E-state index >= 15 is 0 Å². The third-order valence-corrected chi connectivity index (χ3v) is 12.5. The van der Waals surface area contributed by atoms with Crippen LogP contribution in [0.2, 0.25) is 0 Å². The lowest BCUT2D eigenvalue weighted by Gasteiger charge is -2.31. The quantitative estimate of drug-likeness (QED) is 0.179. The molecule has 2 aromatic rings. The zero-order valence-electron chi connectivity index (χ0n) is 33.4. The van der Waals surface area contributed by atoms with Crippen LogP contribution >= 0.6 is 38.6 Å². The Hall–Kier alpha value is -3.52. The summed E-state index contributed by atoms with van der Waals surface area (Å²) in [6.07, 6.45) is 11.7. The van der Waals surface area contributed by atoms with Crippen LogP contribution in [0.3, 0.4) is 0 Å². The smallest absolute Gasteiger partial charge is 0.414 e. The summed E-state index contributed by atoms with van der Waals surface area (Å²) < 4.78 is 20.6. The molecule has 10 nitrogen and oxygen atoms in total. The molecule has 55 heavy (non-hydrogen) atoms. The zero-order chi connectivity index (χ0) is 40.3. The first-order valence-corrected chi connectivity index (χ1v) is 21.5. The van der Waals surface area contributed by atoms with E-state index < -0.39 is 5.97 Å². The SMILES string of the molecule is COC(=O)c1sc(C#CC(C)(C)C)cc1Br.COC(=O)c1sc(C#CC(C)(C)C)cc1N1C(=O)OC[C@H]1C1CCCCC1.O=C1N[C@H](C2CCCCC2)CO1. The minimum atomic E-state index is -0.444. The van der Waals surface area contributed by atoms with Crippen molar-refractivity contribution in [3.8, 4) is 23.7 Å². The van der Waals surface area contributed by atoms with E-state index in [2.05, 4.69) is 49.7 Å². The van der Waals surface area contributed by atoms with Gasteiger partial charge in [0.25, 0.3) is 0 Å². The Morgan fingerprint density at radius 2 is 1.27 bits per heavy atom. The van der Waals surface area contributed by atoms with E-state index in [0.717, 1.165) is 27.1 Å². The second-order valence-electron chi connectivity index (χ2n) is 16.3. The Kier molecular flexibility index (Phi) is 16.1. The highest BCUT2D eigenvalue weighted by atomic mass is 79.9. The summed E-state index contributed by atoms with van der Waals surface area (Å²) in [5.74, 6) is 12.8. The van der Waals surface area contributed by atoms with E-state index in [9.17, 15) is 19.2 Å². The lowest BCUT2D eigenvalue weighted by atomic mass is 9.83. The van der Waals surface area contributed by atoms with Gasteiger partial charge in [-0.2, -0.15) is 0 Å². The van der Waals surface area contributed by atoms with Crippen molar-refractivity contribution in [2.45, 2.75) is 118 Å². The number of amides is 2. The standard InChI is InChI=1S/C21H27NO4S.C12H13BrO2S.C9H15NO2/c1-21(2,3)11-10-15-12-16(18(27-15)19(23)25-4)22-17(13-26-20(22)24)14-8-6-5-7-9-14;1-12(2,3)6-5-8-7-9(13)10(16-8)11(14)15-4;11-9-10-8(6-12-9)7-4-2-1-3-5-7/h12,14,17H,5-9,13H2,1-4H3;7H,1-4H3;7-8H,1-6H2,(H,10,11)/t17-;;8-/m0.0/s1. The largest absolute Gasteiger partial charge is 0.465 e. The molecule has 13 heteroatoms. The molecule has 2 aliphatic heterocycles. The molecular formula is C42H55BrN2O8S2. The van der Waals surface area contributed by atoms with E-state index in [1.807, 2.05) is 53.7 Å². The number of esters is 2. The summed E-state index contributed by atoms with van der Waals surface area (Å²) in [5.41, 5.74) is 0.387. The zero-order valence-corrected chi connectivity index (χ0v) is 36.6. The Morgan fingerprint density at radius 1 is 0.764 bits per heavy atom. The molecule has 2 aromatic heterocycles. The molecule has 1 N–H and O–H groups in total. The van der Waals surface area contributed by atoms with Crippen molar-refractivity contribution in [1.29, 1.82) is 0 Å². The van der Waals surface area contributed by atoms with Crippen LogP contribution in [0, 0.1) is 46.3 Å². The van der Waals surface area contributed by atoms with Crippen LogP contribution in [0.25, 0.3) is 0 Å². The fraction of sp³-hybridized carbons (Fsp3) is 0.619. The Balaban J connectivity index is 0.000000203. The Morgan fingerprint density at radius 3 is 1.78 bits per heavy atom. The van der Waals surface area contributed by atoms with Gasteiger partial charge in [-0.3, -0.25) is 4.90 Å². The summed E-state index contributed by atoms with van der Waals surface area (Å²) in [5, 5.41) is 2.86. The maximum atomic E-state index is 12.5. The van der Waals surface area contributed by atoms with Crippen LogP contribution in [-0.2, 0) is 18.9 Å². The molecule has 2 atom stereocenters. The lowest BCUT2D eigenvalue weighted by molar-refractivity contribution is 0.0597. The molecule has 0 radical (unpaired) electrons. The fourth-order valence-corrected chi connectivity index (χ4v) is 9.32. The van der Waals surface area contributed by atoms with Gasteiger partial charge in [0.15, 0.2) is 0 Å². The number of alkyl carbamates (subject to hydrolysis) is 1. The minimum Gasteiger partial charge on any atom is -0.465 e. The van der Waals surface area contributed by atoms with Gasteiger partial charge < -0.3 is 24.3 Å². The van der Waals surface area contributed by atoms with E-state index in [4.69, 9.17) is 14.2 Å². The summed E-state index contributed by atoms with van der Waals surface area (Å²) in [6, 6.07) is 3.95. The highest BCUT2D eigenvalue weighted by molar-refractivity contribution is 9.10. The van der Waals surface area contributed by atoms with Gasteiger partial charge >= 0.3 is 24.1 Å². The molecule has 4 fully saturated rings. The predicted molar refractivity (Wildman–Crippen MR) is 221 cm³/mol. The second-order valence-corrected chi connectivity index (χ2v) is 19.2. The van der Waals surface area contributed by atoms with Gasteiger partial charge in [0.2, 0.25) is 0 Å². The molecule has 2 saturated carbocycles. The molecule has 2 amide bonds. The van der Waals surface area contributed by atoms with Gasteiger partial charge in [-0.15, -0.1) is 22.7 Å². The van der Waals surface area contributed by atoms with Crippen LogP contribution in [0.1, 0.15) is 135 Å². The molecule has 0 spiro atoms. The van der Waals surface area contributed by atoms with Gasteiger partial charge in [0, 0.05) is 15.3 Å². The molecule has 4 aliphatic rings.